The largest absolute Gasteiger partial charge is 0.446 e. The van der Waals surface area contributed by atoms with E-state index in [2.05, 4.69) is 6.92 Å². The van der Waals surface area contributed by atoms with E-state index in [1.807, 2.05) is 13.8 Å². The van der Waals surface area contributed by atoms with E-state index in [0.717, 1.165) is 24.0 Å². The summed E-state index contributed by atoms with van der Waals surface area (Å²) >= 11 is 0.891. The van der Waals surface area contributed by atoms with Gasteiger partial charge in [0.15, 0.2) is 0 Å². The maximum Gasteiger partial charge on any atom is 0.421 e. The number of hydrogen-bond donors (Lipinski definition) is 0. The third kappa shape index (κ3) is 6.05. The minimum absolute atomic E-state index is 0.0968. The van der Waals surface area contributed by atoms with Gasteiger partial charge in [-0.05, 0) is 31.0 Å². The fourth-order valence-corrected chi connectivity index (χ4v) is 1.39. The van der Waals surface area contributed by atoms with Crippen LogP contribution in [0.5, 0.6) is 0 Å². The van der Waals surface area contributed by atoms with Crippen molar-refractivity contribution in [1.82, 2.24) is 4.31 Å². The zero-order chi connectivity index (χ0) is 10.3. The van der Waals surface area contributed by atoms with Crippen LogP contribution in [-0.4, -0.2) is 23.0 Å². The quantitative estimate of drug-likeness (QED) is 0.672. The molecule has 3 nitrogen and oxygen atoms in total. The molecule has 0 spiro atoms. The number of ether oxygens (including phenoxy) is 1. The summed E-state index contributed by atoms with van der Waals surface area (Å²) in [5.74, 6) is 0. The van der Waals surface area contributed by atoms with Crippen LogP contribution in [0.3, 0.4) is 0 Å². The lowest BCUT2D eigenvalue weighted by molar-refractivity contribution is 0.0990. The Kier molecular flexibility index (Phi) is 7.28. The molecule has 0 radical (unpaired) electrons. The fourth-order valence-electron chi connectivity index (χ4n) is 0.716. The van der Waals surface area contributed by atoms with Crippen molar-refractivity contribution >= 4 is 27.9 Å². The Bertz CT molecular complexity index is 155. The summed E-state index contributed by atoms with van der Waals surface area (Å²) in [7, 11) is 5.52. The van der Waals surface area contributed by atoms with Crippen LogP contribution in [0.4, 0.5) is 4.79 Å². The molecule has 1 amide bonds. The van der Waals surface area contributed by atoms with Gasteiger partial charge in [0.1, 0.15) is 0 Å². The third-order valence-electron chi connectivity index (χ3n) is 1.34. The molecule has 0 bridgehead atoms. The van der Waals surface area contributed by atoms with E-state index in [4.69, 9.17) is 15.4 Å². The van der Waals surface area contributed by atoms with Crippen LogP contribution < -0.4 is 0 Å². The zero-order valence-corrected chi connectivity index (χ0v) is 9.82. The summed E-state index contributed by atoms with van der Waals surface area (Å²) < 4.78 is 6.40. The smallest absolute Gasteiger partial charge is 0.421 e. The number of hydrogen-bond acceptors (Lipinski definition) is 3. The van der Waals surface area contributed by atoms with Crippen molar-refractivity contribution in [2.75, 3.05) is 6.54 Å². The molecule has 0 aromatic heterocycles. The summed E-state index contributed by atoms with van der Waals surface area (Å²) in [4.78, 5) is 11.3. The van der Waals surface area contributed by atoms with Crippen molar-refractivity contribution in [3.8, 4) is 0 Å². The SMILES string of the molecule is CCCCN(SCl)C(=O)OC(C)C. The van der Waals surface area contributed by atoms with Crippen LogP contribution in [0.25, 0.3) is 0 Å². The molecule has 0 heterocycles. The van der Waals surface area contributed by atoms with Crippen molar-refractivity contribution in [3.63, 3.8) is 0 Å². The van der Waals surface area contributed by atoms with Gasteiger partial charge in [0.2, 0.25) is 0 Å². The Morgan fingerprint density at radius 2 is 2.23 bits per heavy atom. The summed E-state index contributed by atoms with van der Waals surface area (Å²) in [5, 5.41) is 0. The van der Waals surface area contributed by atoms with Crippen molar-refractivity contribution in [3.05, 3.63) is 0 Å². The number of carbonyl (C=O) groups is 1. The molecule has 0 aliphatic carbocycles. The maximum absolute atomic E-state index is 11.3. The summed E-state index contributed by atoms with van der Waals surface area (Å²) in [6.07, 6.45) is 1.51. The molecule has 0 rings (SSSR count). The van der Waals surface area contributed by atoms with Gasteiger partial charge in [-0.2, -0.15) is 0 Å². The topological polar surface area (TPSA) is 29.5 Å². The highest BCUT2D eigenvalue weighted by Crippen LogP contribution is 2.17. The van der Waals surface area contributed by atoms with Crippen LogP contribution in [0, 0.1) is 0 Å². The second-order valence-electron chi connectivity index (χ2n) is 2.96. The fraction of sp³-hybridized carbons (Fsp3) is 0.875. The lowest BCUT2D eigenvalue weighted by Crippen LogP contribution is -2.27. The summed E-state index contributed by atoms with van der Waals surface area (Å²) in [6, 6.07) is 0. The van der Waals surface area contributed by atoms with Crippen molar-refractivity contribution < 1.29 is 9.53 Å². The van der Waals surface area contributed by atoms with Gasteiger partial charge < -0.3 is 4.74 Å². The standard InChI is InChI=1S/C8H16ClNO2S/c1-4-5-6-10(13-9)8(11)12-7(2)3/h7H,4-6H2,1-3H3. The van der Waals surface area contributed by atoms with Crippen LogP contribution >= 0.6 is 21.8 Å². The van der Waals surface area contributed by atoms with Crippen LogP contribution in [0.1, 0.15) is 33.6 Å². The minimum atomic E-state index is -0.358. The molecule has 78 valence electrons. The van der Waals surface area contributed by atoms with Gasteiger partial charge in [0, 0.05) is 6.54 Å². The molecular weight excluding hydrogens is 210 g/mol. The van der Waals surface area contributed by atoms with E-state index in [9.17, 15) is 4.79 Å². The van der Waals surface area contributed by atoms with Gasteiger partial charge in [0.25, 0.3) is 0 Å². The molecule has 0 aromatic carbocycles. The van der Waals surface area contributed by atoms with Gasteiger partial charge in [-0.1, -0.05) is 13.3 Å². The number of amides is 1. The highest BCUT2D eigenvalue weighted by molar-refractivity contribution is 8.19. The van der Waals surface area contributed by atoms with E-state index in [1.165, 1.54) is 4.31 Å². The first-order valence-electron chi connectivity index (χ1n) is 4.38. The highest BCUT2D eigenvalue weighted by Gasteiger charge is 2.15. The Morgan fingerprint density at radius 3 is 2.62 bits per heavy atom. The number of unbranched alkanes of at least 4 members (excludes halogenated alkanes) is 1. The Morgan fingerprint density at radius 1 is 1.62 bits per heavy atom. The first kappa shape index (κ1) is 12.9. The normalized spacial score (nSPS) is 10.2. The minimum Gasteiger partial charge on any atom is -0.446 e. The van der Waals surface area contributed by atoms with E-state index >= 15 is 0 Å². The molecule has 0 aliphatic heterocycles. The maximum atomic E-state index is 11.3. The zero-order valence-electron chi connectivity index (χ0n) is 8.25. The highest BCUT2D eigenvalue weighted by atomic mass is 35.7. The molecule has 0 atom stereocenters. The Labute approximate surface area is 88.4 Å². The molecule has 13 heavy (non-hydrogen) atoms. The van der Waals surface area contributed by atoms with Gasteiger partial charge in [-0.15, -0.1) is 0 Å². The van der Waals surface area contributed by atoms with E-state index < -0.39 is 0 Å². The number of carbonyl (C=O) groups excluding carboxylic acids is 1. The lowest BCUT2D eigenvalue weighted by atomic mass is 10.3. The molecule has 0 saturated heterocycles. The van der Waals surface area contributed by atoms with Gasteiger partial charge in [-0.25, -0.2) is 9.10 Å². The molecule has 0 aliphatic rings. The summed E-state index contributed by atoms with van der Waals surface area (Å²) in [5.41, 5.74) is 0. The molecule has 0 aromatic rings. The van der Waals surface area contributed by atoms with Crippen molar-refractivity contribution in [2.24, 2.45) is 0 Å². The summed E-state index contributed by atoms with van der Waals surface area (Å²) in [6.45, 7) is 6.32. The van der Waals surface area contributed by atoms with Gasteiger partial charge in [0.05, 0.1) is 17.3 Å². The molecular formula is C8H16ClNO2S. The van der Waals surface area contributed by atoms with Crippen molar-refractivity contribution in [2.45, 2.75) is 39.7 Å². The van der Waals surface area contributed by atoms with E-state index in [1.54, 1.807) is 0 Å². The molecule has 0 N–H and O–H groups in total. The number of nitrogens with zero attached hydrogens (tertiary/aromatic N) is 1. The first-order valence-corrected chi connectivity index (χ1v) is 5.98. The molecule has 5 heteroatoms. The van der Waals surface area contributed by atoms with E-state index in [-0.39, 0.29) is 12.2 Å². The molecule has 0 fully saturated rings. The second-order valence-corrected chi connectivity index (χ2v) is 3.95. The predicted octanol–water partition coefficient (Wildman–Crippen LogP) is 3.44. The molecule has 0 unspecified atom stereocenters. The Hall–Kier alpha value is -0.0900. The average molecular weight is 226 g/mol. The lowest BCUT2D eigenvalue weighted by Gasteiger charge is -2.18. The second kappa shape index (κ2) is 7.33. The average Bonchev–Trinajstić information content (AvgIpc) is 2.04. The predicted molar refractivity (Wildman–Crippen MR) is 56.7 cm³/mol. The number of rotatable bonds is 5. The molecule has 0 saturated carbocycles. The third-order valence-corrected chi connectivity index (χ3v) is 2.34. The van der Waals surface area contributed by atoms with Gasteiger partial charge >= 0.3 is 6.09 Å². The van der Waals surface area contributed by atoms with E-state index in [0.29, 0.717) is 6.54 Å². The monoisotopic (exact) mass is 225 g/mol. The number of halogens is 1. The van der Waals surface area contributed by atoms with Crippen LogP contribution in [0.15, 0.2) is 0 Å². The van der Waals surface area contributed by atoms with Crippen LogP contribution in [-0.2, 0) is 4.74 Å². The Balaban J connectivity index is 3.84. The van der Waals surface area contributed by atoms with Crippen molar-refractivity contribution in [1.29, 1.82) is 0 Å². The van der Waals surface area contributed by atoms with Crippen LogP contribution in [0.2, 0.25) is 0 Å². The first-order chi connectivity index (χ1) is 6.11. The van der Waals surface area contributed by atoms with Gasteiger partial charge in [-0.3, -0.25) is 0 Å².